The van der Waals surface area contributed by atoms with Crippen molar-refractivity contribution in [3.8, 4) is 0 Å². The number of aryl methyl sites for hydroxylation is 1. The molecule has 0 aliphatic heterocycles. The van der Waals surface area contributed by atoms with E-state index in [1.54, 1.807) is 49.4 Å². The Hall–Kier alpha value is -3.36. The Morgan fingerprint density at radius 3 is 2.21 bits per heavy atom. The normalized spacial score (nSPS) is 12.9. The minimum absolute atomic E-state index is 0.0514. The fourth-order valence-electron chi connectivity index (χ4n) is 3.91. The van der Waals surface area contributed by atoms with Gasteiger partial charge in [-0.2, -0.15) is 0 Å². The van der Waals surface area contributed by atoms with Crippen molar-refractivity contribution in [2.75, 3.05) is 10.8 Å². The first-order chi connectivity index (χ1) is 18.0. The van der Waals surface area contributed by atoms with Crippen molar-refractivity contribution in [3.63, 3.8) is 0 Å². The average Bonchev–Trinajstić information content (AvgIpc) is 2.90. The molecule has 7 nitrogen and oxygen atoms in total. The molecule has 3 aromatic rings. The van der Waals surface area contributed by atoms with Crippen LogP contribution in [-0.4, -0.2) is 43.8 Å². The zero-order valence-corrected chi connectivity index (χ0v) is 23.7. The highest BCUT2D eigenvalue weighted by Crippen LogP contribution is 2.26. The molecule has 38 heavy (non-hydrogen) atoms. The molecule has 1 N–H and O–H groups in total. The van der Waals surface area contributed by atoms with Gasteiger partial charge >= 0.3 is 0 Å². The van der Waals surface area contributed by atoms with Crippen molar-refractivity contribution < 1.29 is 18.0 Å². The summed E-state index contributed by atoms with van der Waals surface area (Å²) in [6, 6.07) is 20.9. The summed E-state index contributed by atoms with van der Waals surface area (Å²) in [6.45, 7) is 7.12. The zero-order chi connectivity index (χ0) is 27.9. The standard InChI is InChI=1S/C29H34ClN3O4S/c1-5-22(3)31-29(35)23(4)32(19-24-11-9-10-21(2)18-24)28(34)20-33(26-16-14-25(30)15-17-26)38(36,37)27-12-7-6-8-13-27/h6-18,22-23H,5,19-20H2,1-4H3,(H,31,35)/t22-,23-/m0/s1. The van der Waals surface area contributed by atoms with Gasteiger partial charge in [0.2, 0.25) is 11.8 Å². The van der Waals surface area contributed by atoms with Gasteiger partial charge < -0.3 is 10.2 Å². The molecule has 202 valence electrons. The first-order valence-corrected chi connectivity index (χ1v) is 14.3. The van der Waals surface area contributed by atoms with Crippen molar-refractivity contribution in [2.45, 2.75) is 57.6 Å². The van der Waals surface area contributed by atoms with E-state index in [2.05, 4.69) is 5.32 Å². The predicted octanol–water partition coefficient (Wildman–Crippen LogP) is 5.18. The third kappa shape index (κ3) is 7.36. The Labute approximate surface area is 230 Å². The Morgan fingerprint density at radius 1 is 0.947 bits per heavy atom. The van der Waals surface area contributed by atoms with Gasteiger partial charge in [0.25, 0.3) is 10.0 Å². The van der Waals surface area contributed by atoms with Gasteiger partial charge in [-0.15, -0.1) is 0 Å². The van der Waals surface area contributed by atoms with Gasteiger partial charge in [0, 0.05) is 17.6 Å². The van der Waals surface area contributed by atoms with Crippen LogP contribution in [0.2, 0.25) is 5.02 Å². The molecule has 3 rings (SSSR count). The molecular formula is C29H34ClN3O4S. The second-order valence-electron chi connectivity index (χ2n) is 9.31. The van der Waals surface area contributed by atoms with Crippen molar-refractivity contribution in [1.82, 2.24) is 10.2 Å². The van der Waals surface area contributed by atoms with E-state index in [0.717, 1.165) is 21.9 Å². The van der Waals surface area contributed by atoms with Crippen molar-refractivity contribution in [3.05, 3.63) is 95.0 Å². The third-order valence-electron chi connectivity index (χ3n) is 6.33. The molecule has 0 radical (unpaired) electrons. The number of nitrogens with zero attached hydrogens (tertiary/aromatic N) is 2. The number of nitrogens with one attached hydrogen (secondary N) is 1. The average molecular weight is 556 g/mol. The second kappa shape index (κ2) is 12.9. The largest absolute Gasteiger partial charge is 0.352 e. The predicted molar refractivity (Wildman–Crippen MR) is 152 cm³/mol. The lowest BCUT2D eigenvalue weighted by molar-refractivity contribution is -0.139. The highest BCUT2D eigenvalue weighted by Gasteiger charge is 2.32. The van der Waals surface area contributed by atoms with E-state index in [1.165, 1.54) is 17.0 Å². The van der Waals surface area contributed by atoms with Crippen LogP contribution in [0.1, 0.15) is 38.3 Å². The lowest BCUT2D eigenvalue weighted by Crippen LogP contribution is -2.52. The summed E-state index contributed by atoms with van der Waals surface area (Å²) in [6.07, 6.45) is 0.740. The van der Waals surface area contributed by atoms with Crippen molar-refractivity contribution in [1.29, 1.82) is 0 Å². The molecule has 0 saturated carbocycles. The van der Waals surface area contributed by atoms with Gasteiger partial charge in [-0.3, -0.25) is 13.9 Å². The van der Waals surface area contributed by atoms with Gasteiger partial charge in [0.15, 0.2) is 0 Å². The first-order valence-electron chi connectivity index (χ1n) is 12.5. The minimum atomic E-state index is -4.10. The number of amides is 2. The molecule has 0 unspecified atom stereocenters. The van der Waals surface area contributed by atoms with E-state index in [4.69, 9.17) is 11.6 Å². The lowest BCUT2D eigenvalue weighted by Gasteiger charge is -2.32. The Kier molecular flexibility index (Phi) is 9.94. The first kappa shape index (κ1) is 29.2. The molecule has 9 heteroatoms. The fourth-order valence-corrected chi connectivity index (χ4v) is 5.47. The van der Waals surface area contributed by atoms with Crippen LogP contribution >= 0.6 is 11.6 Å². The van der Waals surface area contributed by atoms with E-state index >= 15 is 0 Å². The number of hydrogen-bond donors (Lipinski definition) is 1. The molecule has 0 heterocycles. The highest BCUT2D eigenvalue weighted by atomic mass is 35.5. The number of carbonyl (C=O) groups is 2. The van der Waals surface area contributed by atoms with Gasteiger partial charge in [-0.25, -0.2) is 8.42 Å². The third-order valence-corrected chi connectivity index (χ3v) is 8.37. The summed E-state index contributed by atoms with van der Waals surface area (Å²) in [5.74, 6) is -0.808. The minimum Gasteiger partial charge on any atom is -0.352 e. The molecule has 2 atom stereocenters. The molecule has 0 aliphatic rings. The molecule has 0 fully saturated rings. The van der Waals surface area contributed by atoms with Crippen molar-refractivity contribution >= 4 is 39.1 Å². The van der Waals surface area contributed by atoms with E-state index < -0.39 is 28.5 Å². The van der Waals surface area contributed by atoms with Crippen LogP contribution in [0.25, 0.3) is 0 Å². The summed E-state index contributed by atoms with van der Waals surface area (Å²) in [4.78, 5) is 28.4. The number of halogens is 1. The maximum atomic E-state index is 13.9. The lowest BCUT2D eigenvalue weighted by atomic mass is 10.1. The number of carbonyl (C=O) groups excluding carboxylic acids is 2. The van der Waals surface area contributed by atoms with Gasteiger partial charge in [0.1, 0.15) is 12.6 Å². The molecular weight excluding hydrogens is 522 g/mol. The summed E-state index contributed by atoms with van der Waals surface area (Å²) in [7, 11) is -4.10. The molecule has 0 aliphatic carbocycles. The van der Waals surface area contributed by atoms with Crippen molar-refractivity contribution in [2.24, 2.45) is 0 Å². The van der Waals surface area contributed by atoms with Gasteiger partial charge in [-0.1, -0.05) is 66.6 Å². The molecule has 3 aromatic carbocycles. The Morgan fingerprint density at radius 2 is 1.61 bits per heavy atom. The molecule has 2 amide bonds. The number of rotatable bonds is 11. The monoisotopic (exact) mass is 555 g/mol. The molecule has 0 bridgehead atoms. The summed E-state index contributed by atoms with van der Waals surface area (Å²) >= 11 is 6.05. The maximum Gasteiger partial charge on any atom is 0.264 e. The summed E-state index contributed by atoms with van der Waals surface area (Å²) in [5.41, 5.74) is 2.14. The van der Waals surface area contributed by atoms with Crippen LogP contribution in [0.4, 0.5) is 5.69 Å². The van der Waals surface area contributed by atoms with E-state index in [1.807, 2.05) is 45.0 Å². The Balaban J connectivity index is 2.01. The van der Waals surface area contributed by atoms with Crippen LogP contribution < -0.4 is 9.62 Å². The van der Waals surface area contributed by atoms with Crippen LogP contribution in [0.15, 0.2) is 83.8 Å². The number of benzene rings is 3. The number of anilines is 1. The second-order valence-corrected chi connectivity index (χ2v) is 11.6. The maximum absolute atomic E-state index is 13.9. The number of hydrogen-bond acceptors (Lipinski definition) is 4. The fraction of sp³-hybridized carbons (Fsp3) is 0.310. The summed E-state index contributed by atoms with van der Waals surface area (Å²) < 4.78 is 28.5. The van der Waals surface area contributed by atoms with Crippen LogP contribution in [0, 0.1) is 6.92 Å². The van der Waals surface area contributed by atoms with E-state index in [0.29, 0.717) is 10.7 Å². The highest BCUT2D eigenvalue weighted by molar-refractivity contribution is 7.92. The van der Waals surface area contributed by atoms with Gasteiger partial charge in [0.05, 0.1) is 10.6 Å². The molecule has 0 spiro atoms. The number of sulfonamides is 1. The summed E-state index contributed by atoms with van der Waals surface area (Å²) in [5, 5.41) is 3.37. The quantitative estimate of drug-likeness (QED) is 0.353. The van der Waals surface area contributed by atoms with Crippen LogP contribution in [0.3, 0.4) is 0 Å². The molecule has 0 saturated heterocycles. The Bertz CT molecular complexity index is 1350. The van der Waals surface area contributed by atoms with Crippen LogP contribution in [-0.2, 0) is 26.2 Å². The van der Waals surface area contributed by atoms with E-state index in [9.17, 15) is 18.0 Å². The zero-order valence-electron chi connectivity index (χ0n) is 22.1. The SMILES string of the molecule is CC[C@H](C)NC(=O)[C@H](C)N(Cc1cccc(C)c1)C(=O)CN(c1ccc(Cl)cc1)S(=O)(=O)c1ccccc1. The van der Waals surface area contributed by atoms with Gasteiger partial charge in [-0.05, 0) is 69.2 Å². The molecule has 0 aromatic heterocycles. The van der Waals surface area contributed by atoms with Crippen LogP contribution in [0.5, 0.6) is 0 Å². The smallest absolute Gasteiger partial charge is 0.264 e. The topological polar surface area (TPSA) is 86.8 Å². The van der Waals surface area contributed by atoms with E-state index in [-0.39, 0.29) is 23.4 Å².